The molecular weight excluding hydrogens is 192 g/mol. The largest absolute Gasteiger partial charge is 0.386 e. The van der Waals surface area contributed by atoms with E-state index in [-0.39, 0.29) is 0 Å². The van der Waals surface area contributed by atoms with Crippen molar-refractivity contribution >= 4 is 0 Å². The summed E-state index contributed by atoms with van der Waals surface area (Å²) in [6, 6.07) is 5.97. The molecule has 0 aromatic heterocycles. The van der Waals surface area contributed by atoms with Crippen LogP contribution in [0.5, 0.6) is 0 Å². The molecule has 0 aliphatic carbocycles. The van der Waals surface area contributed by atoms with Gasteiger partial charge >= 0.3 is 0 Å². The summed E-state index contributed by atoms with van der Waals surface area (Å²) >= 11 is 0. The van der Waals surface area contributed by atoms with Crippen LogP contribution in [-0.4, -0.2) is 18.3 Å². The van der Waals surface area contributed by atoms with Gasteiger partial charge in [-0.1, -0.05) is 18.2 Å². The molecule has 2 rings (SSSR count). The summed E-state index contributed by atoms with van der Waals surface area (Å²) < 4.78 is 10.5. The van der Waals surface area contributed by atoms with Crippen LogP contribution < -0.4 is 0 Å². The molecule has 0 bridgehead atoms. The Balaban J connectivity index is 2.08. The average molecular weight is 208 g/mol. The summed E-state index contributed by atoms with van der Waals surface area (Å²) in [5.74, 6) is 0. The Hall–Kier alpha value is -0.900. The predicted molar refractivity (Wildman–Crippen MR) is 56.4 cm³/mol. The molecule has 0 amide bonds. The summed E-state index contributed by atoms with van der Waals surface area (Å²) in [5.41, 5.74) is 3.32. The van der Waals surface area contributed by atoms with Gasteiger partial charge in [-0.2, -0.15) is 0 Å². The Kier molecular flexibility index (Phi) is 3.36. The molecule has 1 atom stereocenters. The van der Waals surface area contributed by atoms with Crippen LogP contribution in [0.1, 0.15) is 29.7 Å². The molecule has 1 aliphatic rings. The van der Waals surface area contributed by atoms with E-state index in [9.17, 15) is 5.11 Å². The van der Waals surface area contributed by atoms with E-state index in [0.717, 1.165) is 5.56 Å². The Morgan fingerprint density at radius 1 is 1.40 bits per heavy atom. The molecule has 3 heteroatoms. The van der Waals surface area contributed by atoms with Crippen molar-refractivity contribution in [2.45, 2.75) is 26.2 Å². The second kappa shape index (κ2) is 4.75. The van der Waals surface area contributed by atoms with Gasteiger partial charge in [-0.15, -0.1) is 0 Å². The maximum atomic E-state index is 9.82. The second-order valence-electron chi connectivity index (χ2n) is 3.70. The minimum atomic E-state index is -0.532. The SMILES string of the molecule is CCOCC(O)c1ccc2c(c1)COC2. The van der Waals surface area contributed by atoms with Gasteiger partial charge < -0.3 is 14.6 Å². The van der Waals surface area contributed by atoms with Gasteiger partial charge in [0.1, 0.15) is 6.10 Å². The Labute approximate surface area is 89.6 Å². The van der Waals surface area contributed by atoms with Crippen molar-refractivity contribution in [3.8, 4) is 0 Å². The van der Waals surface area contributed by atoms with E-state index in [1.807, 2.05) is 25.1 Å². The molecule has 1 aliphatic heterocycles. The first-order valence-corrected chi connectivity index (χ1v) is 5.26. The molecule has 1 aromatic carbocycles. The van der Waals surface area contributed by atoms with E-state index in [1.165, 1.54) is 11.1 Å². The zero-order chi connectivity index (χ0) is 10.7. The summed E-state index contributed by atoms with van der Waals surface area (Å²) in [7, 11) is 0. The minimum absolute atomic E-state index is 0.357. The fourth-order valence-corrected chi connectivity index (χ4v) is 1.72. The van der Waals surface area contributed by atoms with Crippen LogP contribution in [-0.2, 0) is 22.7 Å². The highest BCUT2D eigenvalue weighted by Crippen LogP contribution is 2.23. The standard InChI is InChI=1S/C12H16O3/c1-2-14-8-12(13)9-3-4-10-6-15-7-11(10)5-9/h3-5,12-13H,2,6-8H2,1H3. The van der Waals surface area contributed by atoms with Gasteiger partial charge in [0.15, 0.2) is 0 Å². The molecule has 0 spiro atoms. The van der Waals surface area contributed by atoms with E-state index in [1.54, 1.807) is 0 Å². The third-order valence-corrected chi connectivity index (χ3v) is 2.61. The van der Waals surface area contributed by atoms with E-state index < -0.39 is 6.10 Å². The summed E-state index contributed by atoms with van der Waals surface area (Å²) in [4.78, 5) is 0. The van der Waals surface area contributed by atoms with Crippen molar-refractivity contribution < 1.29 is 14.6 Å². The van der Waals surface area contributed by atoms with E-state index >= 15 is 0 Å². The highest BCUT2D eigenvalue weighted by atomic mass is 16.5. The lowest BCUT2D eigenvalue weighted by Crippen LogP contribution is -2.07. The van der Waals surface area contributed by atoms with Crippen LogP contribution in [0.15, 0.2) is 18.2 Å². The molecule has 0 saturated heterocycles. The summed E-state index contributed by atoms with van der Waals surface area (Å²) in [5, 5.41) is 9.82. The van der Waals surface area contributed by atoms with Gasteiger partial charge in [-0.3, -0.25) is 0 Å². The average Bonchev–Trinajstić information content (AvgIpc) is 2.72. The predicted octanol–water partition coefficient (Wildman–Crippen LogP) is 1.79. The second-order valence-corrected chi connectivity index (χ2v) is 3.70. The fraction of sp³-hybridized carbons (Fsp3) is 0.500. The monoisotopic (exact) mass is 208 g/mol. The molecule has 82 valence electrons. The lowest BCUT2D eigenvalue weighted by Gasteiger charge is -2.11. The number of aliphatic hydroxyl groups excluding tert-OH is 1. The van der Waals surface area contributed by atoms with Crippen molar-refractivity contribution in [2.24, 2.45) is 0 Å². The Bertz CT molecular complexity index is 336. The van der Waals surface area contributed by atoms with Crippen molar-refractivity contribution in [1.29, 1.82) is 0 Å². The first-order chi connectivity index (χ1) is 7.31. The Morgan fingerprint density at radius 3 is 3.00 bits per heavy atom. The van der Waals surface area contributed by atoms with Crippen LogP contribution >= 0.6 is 0 Å². The summed E-state index contributed by atoms with van der Waals surface area (Å²) in [6.45, 7) is 4.26. The molecule has 1 N–H and O–H groups in total. The van der Waals surface area contributed by atoms with Gasteiger partial charge in [-0.05, 0) is 23.6 Å². The number of benzene rings is 1. The van der Waals surface area contributed by atoms with Crippen LogP contribution in [0, 0.1) is 0 Å². The van der Waals surface area contributed by atoms with E-state index in [0.29, 0.717) is 26.4 Å². The zero-order valence-corrected chi connectivity index (χ0v) is 8.90. The zero-order valence-electron chi connectivity index (χ0n) is 8.90. The van der Waals surface area contributed by atoms with Crippen LogP contribution in [0.2, 0.25) is 0 Å². The quantitative estimate of drug-likeness (QED) is 0.819. The number of ether oxygens (including phenoxy) is 2. The van der Waals surface area contributed by atoms with Crippen molar-refractivity contribution in [3.05, 3.63) is 34.9 Å². The first kappa shape index (κ1) is 10.6. The van der Waals surface area contributed by atoms with Crippen molar-refractivity contribution in [1.82, 2.24) is 0 Å². The lowest BCUT2D eigenvalue weighted by molar-refractivity contribution is 0.0419. The summed E-state index contributed by atoms with van der Waals surface area (Å²) in [6.07, 6.45) is -0.532. The topological polar surface area (TPSA) is 38.7 Å². The van der Waals surface area contributed by atoms with Gasteiger partial charge in [0, 0.05) is 6.61 Å². The molecule has 15 heavy (non-hydrogen) atoms. The molecule has 1 unspecified atom stereocenters. The van der Waals surface area contributed by atoms with Gasteiger partial charge in [0.2, 0.25) is 0 Å². The molecule has 0 saturated carbocycles. The third-order valence-electron chi connectivity index (χ3n) is 2.61. The molecule has 1 aromatic rings. The molecule has 3 nitrogen and oxygen atoms in total. The minimum Gasteiger partial charge on any atom is -0.386 e. The number of hydrogen-bond acceptors (Lipinski definition) is 3. The third kappa shape index (κ3) is 2.37. The fourth-order valence-electron chi connectivity index (χ4n) is 1.72. The van der Waals surface area contributed by atoms with Gasteiger partial charge in [-0.25, -0.2) is 0 Å². The normalized spacial score (nSPS) is 16.4. The van der Waals surface area contributed by atoms with Crippen molar-refractivity contribution in [3.63, 3.8) is 0 Å². The number of rotatable bonds is 4. The van der Waals surface area contributed by atoms with Crippen LogP contribution in [0.3, 0.4) is 0 Å². The lowest BCUT2D eigenvalue weighted by atomic mass is 10.0. The van der Waals surface area contributed by atoms with E-state index in [4.69, 9.17) is 9.47 Å². The first-order valence-electron chi connectivity index (χ1n) is 5.26. The van der Waals surface area contributed by atoms with Crippen molar-refractivity contribution in [2.75, 3.05) is 13.2 Å². The van der Waals surface area contributed by atoms with Crippen LogP contribution in [0.4, 0.5) is 0 Å². The number of hydrogen-bond donors (Lipinski definition) is 1. The molecule has 1 heterocycles. The highest BCUT2D eigenvalue weighted by Gasteiger charge is 2.14. The molecule has 0 radical (unpaired) electrons. The maximum absolute atomic E-state index is 9.82. The van der Waals surface area contributed by atoms with Gasteiger partial charge in [0.05, 0.1) is 19.8 Å². The highest BCUT2D eigenvalue weighted by molar-refractivity contribution is 5.34. The Morgan fingerprint density at radius 2 is 2.20 bits per heavy atom. The molecule has 0 fully saturated rings. The number of aliphatic hydroxyl groups is 1. The number of fused-ring (bicyclic) bond motifs is 1. The van der Waals surface area contributed by atoms with Crippen LogP contribution in [0.25, 0.3) is 0 Å². The maximum Gasteiger partial charge on any atom is 0.102 e. The smallest absolute Gasteiger partial charge is 0.102 e. The van der Waals surface area contributed by atoms with Gasteiger partial charge in [0.25, 0.3) is 0 Å². The van der Waals surface area contributed by atoms with E-state index in [2.05, 4.69) is 0 Å². The molecular formula is C12H16O3.